The molecular formula is C14H19N3O. The summed E-state index contributed by atoms with van der Waals surface area (Å²) in [5.74, 6) is 0.769. The molecule has 0 aromatic heterocycles. The number of benzene rings is 1. The van der Waals surface area contributed by atoms with E-state index < -0.39 is 0 Å². The van der Waals surface area contributed by atoms with E-state index in [9.17, 15) is 0 Å². The maximum atomic E-state index is 8.83. The van der Waals surface area contributed by atoms with Crippen molar-refractivity contribution in [2.75, 3.05) is 6.54 Å². The van der Waals surface area contributed by atoms with Gasteiger partial charge in [0.25, 0.3) is 0 Å². The molecule has 3 rings (SSSR count). The Morgan fingerprint density at radius 2 is 2.33 bits per heavy atom. The lowest BCUT2D eigenvalue weighted by Gasteiger charge is -2.39. The molecule has 1 heterocycles. The van der Waals surface area contributed by atoms with Gasteiger partial charge in [0.2, 0.25) is 5.96 Å². The van der Waals surface area contributed by atoms with Crippen LogP contribution in [0.15, 0.2) is 17.3 Å². The molecule has 1 aromatic rings. The predicted octanol–water partition coefficient (Wildman–Crippen LogP) is 1.93. The molecule has 1 unspecified atom stereocenters. The summed E-state index contributed by atoms with van der Waals surface area (Å²) in [6.45, 7) is 3.84. The average Bonchev–Trinajstić information content (AvgIpc) is 2.41. The van der Waals surface area contributed by atoms with E-state index in [0.717, 1.165) is 13.1 Å². The van der Waals surface area contributed by atoms with Crippen LogP contribution in [0.25, 0.3) is 0 Å². The van der Waals surface area contributed by atoms with Crippen LogP contribution in [0, 0.1) is 6.92 Å². The molecule has 1 aliphatic carbocycles. The lowest BCUT2D eigenvalue weighted by atomic mass is 9.76. The van der Waals surface area contributed by atoms with Crippen molar-refractivity contribution in [3.8, 4) is 0 Å². The standard InChI is InChI=1S/C14H19N3O/c1-9-5-6-11-8-17(14(15)16-18)7-10-3-2-4-12(9)13(10)11/h5-6,10,18H,2-4,7-8H2,1H3,(H2,15,16). The van der Waals surface area contributed by atoms with Crippen molar-refractivity contribution >= 4 is 5.96 Å². The van der Waals surface area contributed by atoms with E-state index >= 15 is 0 Å². The third-order valence-corrected chi connectivity index (χ3v) is 4.30. The maximum Gasteiger partial charge on any atom is 0.233 e. The van der Waals surface area contributed by atoms with Gasteiger partial charge in [-0.25, -0.2) is 0 Å². The van der Waals surface area contributed by atoms with Crippen molar-refractivity contribution in [1.29, 1.82) is 0 Å². The van der Waals surface area contributed by atoms with Gasteiger partial charge < -0.3 is 15.8 Å². The van der Waals surface area contributed by atoms with Crippen molar-refractivity contribution in [1.82, 2.24) is 4.90 Å². The van der Waals surface area contributed by atoms with Gasteiger partial charge in [-0.2, -0.15) is 0 Å². The maximum absolute atomic E-state index is 8.83. The van der Waals surface area contributed by atoms with Gasteiger partial charge in [-0.1, -0.05) is 17.3 Å². The highest BCUT2D eigenvalue weighted by atomic mass is 16.4. The monoisotopic (exact) mass is 245 g/mol. The minimum atomic E-state index is 0.230. The number of guanidine groups is 1. The molecule has 1 aromatic carbocycles. The van der Waals surface area contributed by atoms with Gasteiger partial charge in [0.1, 0.15) is 0 Å². The highest BCUT2D eigenvalue weighted by Crippen LogP contribution is 2.39. The zero-order valence-electron chi connectivity index (χ0n) is 10.7. The number of hydrogen-bond donors (Lipinski definition) is 2. The molecule has 0 amide bonds. The van der Waals surface area contributed by atoms with E-state index in [4.69, 9.17) is 10.9 Å². The van der Waals surface area contributed by atoms with Crippen LogP contribution in [0.5, 0.6) is 0 Å². The van der Waals surface area contributed by atoms with Crippen LogP contribution in [-0.4, -0.2) is 22.6 Å². The van der Waals surface area contributed by atoms with Crippen molar-refractivity contribution in [2.24, 2.45) is 10.9 Å². The molecule has 1 aliphatic heterocycles. The Morgan fingerprint density at radius 1 is 1.50 bits per heavy atom. The molecule has 3 N–H and O–H groups in total. The minimum Gasteiger partial charge on any atom is -0.408 e. The van der Waals surface area contributed by atoms with Crippen LogP contribution in [0.2, 0.25) is 0 Å². The van der Waals surface area contributed by atoms with Crippen LogP contribution in [-0.2, 0) is 13.0 Å². The SMILES string of the molecule is Cc1ccc2c3c1CCCC3CN(/C(N)=N/O)C2. The van der Waals surface area contributed by atoms with Crippen LogP contribution in [0.3, 0.4) is 0 Å². The molecular weight excluding hydrogens is 226 g/mol. The smallest absolute Gasteiger partial charge is 0.233 e. The fourth-order valence-electron chi connectivity index (χ4n) is 3.43. The second-order valence-electron chi connectivity index (χ2n) is 5.36. The van der Waals surface area contributed by atoms with Gasteiger partial charge in [-0.3, -0.25) is 0 Å². The summed E-state index contributed by atoms with van der Waals surface area (Å²) in [5, 5.41) is 12.0. The highest BCUT2D eigenvalue weighted by Gasteiger charge is 2.31. The van der Waals surface area contributed by atoms with E-state index in [1.165, 1.54) is 30.4 Å². The molecule has 4 nitrogen and oxygen atoms in total. The Labute approximate surface area is 107 Å². The number of hydrogen-bond acceptors (Lipinski definition) is 2. The van der Waals surface area contributed by atoms with Crippen LogP contribution in [0.1, 0.15) is 41.0 Å². The molecule has 96 valence electrons. The largest absolute Gasteiger partial charge is 0.408 e. The Kier molecular flexibility index (Phi) is 2.65. The summed E-state index contributed by atoms with van der Waals surface area (Å²) in [7, 11) is 0. The molecule has 0 saturated carbocycles. The van der Waals surface area contributed by atoms with E-state index in [-0.39, 0.29) is 5.96 Å². The first-order valence-corrected chi connectivity index (χ1v) is 6.54. The van der Waals surface area contributed by atoms with Gasteiger partial charge in [-0.05, 0) is 48.4 Å². The summed E-state index contributed by atoms with van der Waals surface area (Å²) in [6.07, 6.45) is 3.65. The summed E-state index contributed by atoms with van der Waals surface area (Å²) >= 11 is 0. The van der Waals surface area contributed by atoms with Crippen LogP contribution >= 0.6 is 0 Å². The number of aryl methyl sites for hydroxylation is 1. The third-order valence-electron chi connectivity index (χ3n) is 4.30. The fourth-order valence-corrected chi connectivity index (χ4v) is 3.43. The number of oxime groups is 1. The molecule has 0 spiro atoms. The van der Waals surface area contributed by atoms with E-state index in [0.29, 0.717) is 5.92 Å². The first kappa shape index (κ1) is 11.4. The summed E-state index contributed by atoms with van der Waals surface area (Å²) in [5.41, 5.74) is 11.6. The van der Waals surface area contributed by atoms with Crippen LogP contribution < -0.4 is 5.73 Å². The first-order valence-electron chi connectivity index (χ1n) is 6.54. The Bertz CT molecular complexity index is 510. The Hall–Kier alpha value is -1.71. The third kappa shape index (κ3) is 1.64. The van der Waals surface area contributed by atoms with Gasteiger partial charge in [0.15, 0.2) is 0 Å². The first-order chi connectivity index (χ1) is 8.70. The van der Waals surface area contributed by atoms with Gasteiger partial charge in [-0.15, -0.1) is 0 Å². The minimum absolute atomic E-state index is 0.230. The van der Waals surface area contributed by atoms with Gasteiger partial charge >= 0.3 is 0 Å². The molecule has 2 aliphatic rings. The number of nitrogens with zero attached hydrogens (tertiary/aromatic N) is 2. The quantitative estimate of drug-likeness (QED) is 0.318. The molecule has 0 bridgehead atoms. The number of nitrogens with two attached hydrogens (primary N) is 1. The topological polar surface area (TPSA) is 61.8 Å². The average molecular weight is 245 g/mol. The predicted molar refractivity (Wildman–Crippen MR) is 70.7 cm³/mol. The van der Waals surface area contributed by atoms with Crippen molar-refractivity contribution in [2.45, 2.75) is 38.6 Å². The van der Waals surface area contributed by atoms with Crippen molar-refractivity contribution < 1.29 is 5.21 Å². The van der Waals surface area contributed by atoms with Gasteiger partial charge in [0.05, 0.1) is 0 Å². The van der Waals surface area contributed by atoms with E-state index in [1.807, 2.05) is 4.90 Å². The van der Waals surface area contributed by atoms with Crippen LogP contribution in [0.4, 0.5) is 0 Å². The second kappa shape index (κ2) is 4.19. The Balaban J connectivity index is 2.05. The molecule has 0 saturated heterocycles. The molecule has 18 heavy (non-hydrogen) atoms. The summed E-state index contributed by atoms with van der Waals surface area (Å²) in [4.78, 5) is 1.97. The zero-order chi connectivity index (χ0) is 12.7. The lowest BCUT2D eigenvalue weighted by molar-refractivity contribution is 0.278. The Morgan fingerprint density at radius 3 is 3.11 bits per heavy atom. The summed E-state index contributed by atoms with van der Waals surface area (Å²) < 4.78 is 0. The normalized spacial score (nSPS) is 22.8. The fraction of sp³-hybridized carbons (Fsp3) is 0.500. The van der Waals surface area contributed by atoms with E-state index in [1.54, 1.807) is 11.1 Å². The second-order valence-corrected chi connectivity index (χ2v) is 5.36. The van der Waals surface area contributed by atoms with E-state index in [2.05, 4.69) is 24.2 Å². The molecule has 4 heteroatoms. The van der Waals surface area contributed by atoms with Gasteiger partial charge in [0, 0.05) is 19.0 Å². The number of rotatable bonds is 0. The molecule has 1 atom stereocenters. The summed E-state index contributed by atoms with van der Waals surface area (Å²) in [6, 6.07) is 4.40. The van der Waals surface area contributed by atoms with Crippen molar-refractivity contribution in [3.63, 3.8) is 0 Å². The highest BCUT2D eigenvalue weighted by molar-refractivity contribution is 5.78. The molecule has 0 fully saturated rings. The van der Waals surface area contributed by atoms with Crippen molar-refractivity contribution in [3.05, 3.63) is 34.4 Å². The zero-order valence-corrected chi connectivity index (χ0v) is 10.7. The lowest BCUT2D eigenvalue weighted by Crippen LogP contribution is -2.43. The molecule has 0 radical (unpaired) electrons.